The summed E-state index contributed by atoms with van der Waals surface area (Å²) in [5.41, 5.74) is 1.93. The molecule has 1 saturated heterocycles. The molecule has 0 atom stereocenters. The molecule has 1 aromatic carbocycles. The zero-order chi connectivity index (χ0) is 19.1. The van der Waals surface area contributed by atoms with Gasteiger partial charge in [0.05, 0.1) is 28.3 Å². The highest BCUT2D eigenvalue weighted by molar-refractivity contribution is 7.18. The van der Waals surface area contributed by atoms with Crippen LogP contribution in [0.3, 0.4) is 0 Å². The summed E-state index contributed by atoms with van der Waals surface area (Å²) in [5.74, 6) is 0.552. The number of nitrogens with one attached hydrogen (secondary N) is 1. The van der Waals surface area contributed by atoms with Crippen LogP contribution in [0.4, 0.5) is 0 Å². The molecule has 0 unspecified atom stereocenters. The summed E-state index contributed by atoms with van der Waals surface area (Å²) in [7, 11) is 0. The van der Waals surface area contributed by atoms with Crippen LogP contribution in [0.2, 0.25) is 0 Å². The molecule has 4 heterocycles. The van der Waals surface area contributed by atoms with E-state index in [2.05, 4.69) is 29.4 Å². The third kappa shape index (κ3) is 3.36. The smallest absolute Gasteiger partial charge is 0.275 e. The topological polar surface area (TPSA) is 64.6 Å². The molecule has 6 nitrogen and oxygen atoms in total. The van der Waals surface area contributed by atoms with Crippen LogP contribution in [0.5, 0.6) is 0 Å². The number of benzene rings is 1. The molecule has 0 aliphatic carbocycles. The first-order valence-electron chi connectivity index (χ1n) is 9.77. The van der Waals surface area contributed by atoms with Crippen molar-refractivity contribution in [2.24, 2.45) is 0 Å². The molecule has 144 valence electrons. The summed E-state index contributed by atoms with van der Waals surface area (Å²) < 4.78 is 2.71. The van der Waals surface area contributed by atoms with Crippen molar-refractivity contribution >= 4 is 37.9 Å². The Bertz CT molecular complexity index is 1150. The molecule has 5 rings (SSSR count). The van der Waals surface area contributed by atoms with Crippen molar-refractivity contribution < 1.29 is 4.90 Å². The van der Waals surface area contributed by atoms with Crippen molar-refractivity contribution in [3.63, 3.8) is 0 Å². The van der Waals surface area contributed by atoms with Gasteiger partial charge >= 0.3 is 0 Å². The summed E-state index contributed by atoms with van der Waals surface area (Å²) in [6.07, 6.45) is 3.10. The summed E-state index contributed by atoms with van der Waals surface area (Å²) in [5, 5.41) is 6.55. The van der Waals surface area contributed by atoms with Crippen LogP contribution < -0.4 is 10.5 Å². The summed E-state index contributed by atoms with van der Waals surface area (Å²) in [4.78, 5) is 24.1. The van der Waals surface area contributed by atoms with E-state index < -0.39 is 0 Å². The third-order valence-electron chi connectivity index (χ3n) is 5.43. The maximum Gasteiger partial charge on any atom is 0.275 e. The maximum absolute atomic E-state index is 12.3. The first kappa shape index (κ1) is 17.9. The van der Waals surface area contributed by atoms with Crippen molar-refractivity contribution in [3.05, 3.63) is 56.4 Å². The van der Waals surface area contributed by atoms with Crippen LogP contribution in [0, 0.1) is 0 Å². The second kappa shape index (κ2) is 7.35. The molecular weight excluding hydrogens is 390 g/mol. The SMILES string of the molecule is CCc1nn2c(=O)cc(C[NH+]3CCC(c4nc5ccccc5s4)CC3)nc2s1. The molecule has 8 heteroatoms. The zero-order valence-electron chi connectivity index (χ0n) is 15.7. The van der Waals surface area contributed by atoms with E-state index in [1.165, 1.54) is 30.5 Å². The minimum atomic E-state index is -0.0697. The monoisotopic (exact) mass is 412 g/mol. The van der Waals surface area contributed by atoms with Crippen molar-refractivity contribution in [2.75, 3.05) is 13.1 Å². The first-order valence-corrected chi connectivity index (χ1v) is 11.4. The fourth-order valence-electron chi connectivity index (χ4n) is 3.90. The van der Waals surface area contributed by atoms with Crippen molar-refractivity contribution in [2.45, 2.75) is 38.6 Å². The van der Waals surface area contributed by atoms with Gasteiger partial charge in [-0.25, -0.2) is 9.97 Å². The molecule has 1 aliphatic heterocycles. The highest BCUT2D eigenvalue weighted by atomic mass is 32.1. The van der Waals surface area contributed by atoms with Crippen LogP contribution in [0.25, 0.3) is 15.2 Å². The Morgan fingerprint density at radius 3 is 2.79 bits per heavy atom. The van der Waals surface area contributed by atoms with E-state index in [0.29, 0.717) is 10.9 Å². The lowest BCUT2D eigenvalue weighted by molar-refractivity contribution is -0.919. The van der Waals surface area contributed by atoms with E-state index in [0.717, 1.165) is 55.1 Å². The zero-order valence-corrected chi connectivity index (χ0v) is 17.4. The van der Waals surface area contributed by atoms with Gasteiger partial charge in [0.15, 0.2) is 0 Å². The van der Waals surface area contributed by atoms with Crippen molar-refractivity contribution in [1.82, 2.24) is 19.6 Å². The first-order chi connectivity index (χ1) is 13.7. The lowest BCUT2D eigenvalue weighted by Gasteiger charge is -2.27. The highest BCUT2D eigenvalue weighted by Crippen LogP contribution is 2.31. The number of hydrogen-bond acceptors (Lipinski definition) is 6. The minimum Gasteiger partial charge on any atom is -0.330 e. The third-order valence-corrected chi connectivity index (χ3v) is 7.68. The predicted octanol–water partition coefficient (Wildman–Crippen LogP) is 2.29. The molecule has 1 N–H and O–H groups in total. The number of rotatable bonds is 4. The molecule has 0 saturated carbocycles. The number of aromatic nitrogens is 4. The van der Waals surface area contributed by atoms with Gasteiger partial charge in [-0.2, -0.15) is 9.61 Å². The largest absolute Gasteiger partial charge is 0.330 e. The maximum atomic E-state index is 12.3. The molecule has 0 spiro atoms. The van der Waals surface area contributed by atoms with Gasteiger partial charge < -0.3 is 4.90 Å². The van der Waals surface area contributed by atoms with Gasteiger partial charge in [-0.15, -0.1) is 11.3 Å². The van der Waals surface area contributed by atoms with Crippen LogP contribution >= 0.6 is 22.7 Å². The van der Waals surface area contributed by atoms with E-state index in [-0.39, 0.29) is 5.56 Å². The van der Waals surface area contributed by atoms with E-state index in [1.807, 2.05) is 18.3 Å². The Balaban J connectivity index is 1.28. The highest BCUT2D eigenvalue weighted by Gasteiger charge is 2.26. The van der Waals surface area contributed by atoms with Crippen LogP contribution in [-0.2, 0) is 13.0 Å². The molecular formula is C20H22N5OS2+. The number of quaternary nitrogens is 1. The molecule has 0 amide bonds. The quantitative estimate of drug-likeness (QED) is 0.559. The second-order valence-electron chi connectivity index (χ2n) is 7.35. The molecule has 1 aliphatic rings. The molecule has 0 radical (unpaired) electrons. The Hall–Kier alpha value is -2.16. The summed E-state index contributed by atoms with van der Waals surface area (Å²) in [6.45, 7) is 5.02. The van der Waals surface area contributed by atoms with Crippen LogP contribution in [0.15, 0.2) is 35.1 Å². The average Bonchev–Trinajstić information content (AvgIpc) is 3.32. The lowest BCUT2D eigenvalue weighted by atomic mass is 9.97. The normalized spacial score (nSPS) is 20.2. The Kier molecular flexibility index (Phi) is 4.70. The number of nitrogens with zero attached hydrogens (tertiary/aromatic N) is 4. The average molecular weight is 413 g/mol. The van der Waals surface area contributed by atoms with Crippen LogP contribution in [0.1, 0.15) is 41.4 Å². The number of thiazole rings is 1. The number of fused-ring (bicyclic) bond motifs is 2. The summed E-state index contributed by atoms with van der Waals surface area (Å²) >= 11 is 3.35. The fraction of sp³-hybridized carbons (Fsp3) is 0.400. The molecule has 0 bridgehead atoms. The van der Waals surface area contributed by atoms with Gasteiger partial charge in [0.2, 0.25) is 4.96 Å². The summed E-state index contributed by atoms with van der Waals surface area (Å²) in [6, 6.07) is 10.0. The number of piperidine rings is 1. The predicted molar refractivity (Wildman–Crippen MR) is 113 cm³/mol. The van der Waals surface area contributed by atoms with Crippen LogP contribution in [-0.4, -0.2) is 32.7 Å². The number of hydrogen-bond donors (Lipinski definition) is 1. The molecule has 3 aromatic heterocycles. The van der Waals surface area contributed by atoms with Gasteiger partial charge in [0.1, 0.15) is 17.2 Å². The van der Waals surface area contributed by atoms with Crippen molar-refractivity contribution in [3.8, 4) is 0 Å². The number of aryl methyl sites for hydroxylation is 1. The minimum absolute atomic E-state index is 0.0697. The van der Waals surface area contributed by atoms with Gasteiger partial charge in [-0.3, -0.25) is 4.79 Å². The van der Waals surface area contributed by atoms with E-state index >= 15 is 0 Å². The molecule has 28 heavy (non-hydrogen) atoms. The van der Waals surface area contributed by atoms with E-state index in [1.54, 1.807) is 6.07 Å². The molecule has 4 aromatic rings. The standard InChI is InChI=1S/C20H21N5OS2/c1-2-17-23-25-18(26)11-14(21-20(25)28-17)12-24-9-7-13(8-10-24)19-22-15-5-3-4-6-16(15)27-19/h3-6,11,13H,2,7-10,12H2,1H3/p+1. The van der Waals surface area contributed by atoms with Gasteiger partial charge in [-0.05, 0) is 18.6 Å². The Labute approximate surface area is 170 Å². The Morgan fingerprint density at radius 2 is 2.00 bits per heavy atom. The lowest BCUT2D eigenvalue weighted by Crippen LogP contribution is -3.11. The molecule has 1 fully saturated rings. The van der Waals surface area contributed by atoms with Gasteiger partial charge in [0.25, 0.3) is 5.56 Å². The van der Waals surface area contributed by atoms with Gasteiger partial charge in [-0.1, -0.05) is 30.4 Å². The van der Waals surface area contributed by atoms with E-state index in [4.69, 9.17) is 9.97 Å². The van der Waals surface area contributed by atoms with E-state index in [9.17, 15) is 4.79 Å². The Morgan fingerprint density at radius 1 is 1.18 bits per heavy atom. The van der Waals surface area contributed by atoms with Crippen molar-refractivity contribution in [1.29, 1.82) is 0 Å². The number of likely N-dealkylation sites (tertiary alicyclic amines) is 1. The second-order valence-corrected chi connectivity index (χ2v) is 9.45. The fourth-order valence-corrected chi connectivity index (χ4v) is 5.89. The number of para-hydroxylation sites is 1. The van der Waals surface area contributed by atoms with Gasteiger partial charge in [0, 0.05) is 24.8 Å².